The lowest BCUT2D eigenvalue weighted by atomic mass is 10.1. The number of phosphoric ester groups is 1. The molecule has 0 aromatic heterocycles. The fraction of sp³-hybridized carbons (Fsp3) is 0.805. The van der Waals surface area contributed by atoms with E-state index in [-0.39, 0.29) is 32.6 Å². The Kier molecular flexibility index (Phi) is 36.7. The summed E-state index contributed by atoms with van der Waals surface area (Å²) in [7, 11) is -4.38. The maximum atomic E-state index is 12.5. The van der Waals surface area contributed by atoms with E-state index in [0.717, 1.165) is 57.8 Å². The minimum atomic E-state index is -4.38. The maximum absolute atomic E-state index is 12.5. The molecule has 0 aromatic rings. The van der Waals surface area contributed by atoms with Crippen molar-refractivity contribution < 1.29 is 37.6 Å². The Bertz CT molecular complexity index is 939. The topological polar surface area (TPSA) is 134 Å². The number of hydrogen-bond acceptors (Lipinski definition) is 8. The lowest BCUT2D eigenvalue weighted by molar-refractivity contribution is -0.161. The zero-order valence-electron chi connectivity index (χ0n) is 32.6. The van der Waals surface area contributed by atoms with Crippen molar-refractivity contribution in [2.45, 2.75) is 187 Å². The van der Waals surface area contributed by atoms with Crippen molar-refractivity contribution in [3.8, 4) is 0 Å². The van der Waals surface area contributed by atoms with Gasteiger partial charge in [-0.15, -0.1) is 0 Å². The standard InChI is InChI=1S/C41H76NO8P/c1-3-5-7-9-11-13-15-17-19-21-23-25-27-29-31-33-40(43)47-37-39(38-49-51(45,46)48-36-35-42)50-41(44)34-32-30-28-26-24-22-20-18-16-14-12-10-8-6-4-2/h11,13,17,19,24,26,39H,3-10,12,14-16,18,20-23,25,27-38,42H2,1-2H3,(H,45,46)/b13-11+,19-17+,26-24+/t39-/m1/s1. The SMILES string of the molecule is CCCCC/C=C/C/C=C/CCCCCCCC(=O)OC[C@H](COP(=O)(O)OCCN)OC(=O)CCCC/C=C/CCCCCCCCCCC. The van der Waals surface area contributed by atoms with Gasteiger partial charge < -0.3 is 20.1 Å². The molecule has 0 fully saturated rings. The predicted octanol–water partition coefficient (Wildman–Crippen LogP) is 11.4. The molecular weight excluding hydrogens is 665 g/mol. The van der Waals surface area contributed by atoms with Gasteiger partial charge in [-0.05, 0) is 70.6 Å². The van der Waals surface area contributed by atoms with Crippen molar-refractivity contribution in [3.63, 3.8) is 0 Å². The van der Waals surface area contributed by atoms with Crippen molar-refractivity contribution in [1.82, 2.24) is 0 Å². The summed E-state index contributed by atoms with van der Waals surface area (Å²) in [6.45, 7) is 3.66. The van der Waals surface area contributed by atoms with Gasteiger partial charge in [0, 0.05) is 19.4 Å². The fourth-order valence-corrected chi connectivity index (χ4v) is 6.19. The first-order chi connectivity index (χ1) is 24.8. The van der Waals surface area contributed by atoms with Crippen LogP contribution in [-0.2, 0) is 32.7 Å². The largest absolute Gasteiger partial charge is 0.472 e. The van der Waals surface area contributed by atoms with E-state index in [9.17, 15) is 19.0 Å². The molecule has 0 amide bonds. The molecule has 0 radical (unpaired) electrons. The third-order valence-corrected chi connectivity index (χ3v) is 9.48. The molecule has 0 rings (SSSR count). The summed E-state index contributed by atoms with van der Waals surface area (Å²) < 4.78 is 32.7. The smallest absolute Gasteiger partial charge is 0.462 e. The number of phosphoric acid groups is 1. The second kappa shape index (κ2) is 38.0. The Balaban J connectivity index is 4.24. The van der Waals surface area contributed by atoms with Crippen molar-refractivity contribution in [1.29, 1.82) is 0 Å². The van der Waals surface area contributed by atoms with Crippen LogP contribution in [0.4, 0.5) is 0 Å². The molecule has 0 bridgehead atoms. The number of unbranched alkanes of at least 4 members (excludes halogenated alkanes) is 19. The molecule has 0 aliphatic rings. The number of nitrogens with two attached hydrogens (primary N) is 1. The van der Waals surface area contributed by atoms with E-state index in [1.807, 2.05) is 0 Å². The summed E-state index contributed by atoms with van der Waals surface area (Å²) in [5.41, 5.74) is 5.33. The monoisotopic (exact) mass is 742 g/mol. The molecule has 298 valence electrons. The van der Waals surface area contributed by atoms with E-state index >= 15 is 0 Å². The number of esters is 2. The molecule has 10 heteroatoms. The van der Waals surface area contributed by atoms with Crippen LogP contribution < -0.4 is 5.73 Å². The van der Waals surface area contributed by atoms with E-state index < -0.39 is 32.5 Å². The molecule has 9 nitrogen and oxygen atoms in total. The first-order valence-corrected chi connectivity index (χ1v) is 22.0. The lowest BCUT2D eigenvalue weighted by Crippen LogP contribution is -2.29. The average Bonchev–Trinajstić information content (AvgIpc) is 3.11. The quantitative estimate of drug-likeness (QED) is 0.0274. The predicted molar refractivity (Wildman–Crippen MR) is 210 cm³/mol. The normalized spacial score (nSPS) is 13.7. The van der Waals surface area contributed by atoms with E-state index in [1.165, 1.54) is 83.5 Å². The highest BCUT2D eigenvalue weighted by molar-refractivity contribution is 7.47. The Morgan fingerprint density at radius 2 is 1.02 bits per heavy atom. The van der Waals surface area contributed by atoms with Crippen LogP contribution >= 0.6 is 7.82 Å². The molecule has 51 heavy (non-hydrogen) atoms. The zero-order chi connectivity index (χ0) is 37.5. The Labute approximate surface area is 312 Å². The van der Waals surface area contributed by atoms with E-state index in [2.05, 4.69) is 50.3 Å². The summed E-state index contributed by atoms with van der Waals surface area (Å²) in [6.07, 6.45) is 40.3. The van der Waals surface area contributed by atoms with Crippen LogP contribution in [0.15, 0.2) is 36.5 Å². The number of allylic oxidation sites excluding steroid dienone is 6. The van der Waals surface area contributed by atoms with Crippen LogP contribution in [0.3, 0.4) is 0 Å². The van der Waals surface area contributed by atoms with Crippen molar-refractivity contribution >= 4 is 19.8 Å². The number of hydrogen-bond donors (Lipinski definition) is 2. The van der Waals surface area contributed by atoms with E-state index in [0.29, 0.717) is 12.8 Å². The molecule has 1 unspecified atom stereocenters. The number of carbonyl (C=O) groups is 2. The summed E-state index contributed by atoms with van der Waals surface area (Å²) in [5, 5.41) is 0. The molecule has 2 atom stereocenters. The maximum Gasteiger partial charge on any atom is 0.472 e. The van der Waals surface area contributed by atoms with Gasteiger partial charge in [0.2, 0.25) is 0 Å². The molecule has 0 heterocycles. The van der Waals surface area contributed by atoms with Gasteiger partial charge in [0.15, 0.2) is 6.10 Å². The number of rotatable bonds is 38. The van der Waals surface area contributed by atoms with E-state index in [1.54, 1.807) is 0 Å². The van der Waals surface area contributed by atoms with Gasteiger partial charge in [-0.3, -0.25) is 18.6 Å². The summed E-state index contributed by atoms with van der Waals surface area (Å²) >= 11 is 0. The molecular formula is C41H76NO8P. The minimum absolute atomic E-state index is 0.0482. The van der Waals surface area contributed by atoms with Crippen LogP contribution in [-0.4, -0.2) is 49.3 Å². The highest BCUT2D eigenvalue weighted by Crippen LogP contribution is 2.43. The van der Waals surface area contributed by atoms with E-state index in [4.69, 9.17) is 24.3 Å². The minimum Gasteiger partial charge on any atom is -0.462 e. The van der Waals surface area contributed by atoms with Crippen molar-refractivity contribution in [3.05, 3.63) is 36.5 Å². The Morgan fingerprint density at radius 1 is 0.588 bits per heavy atom. The second-order valence-electron chi connectivity index (χ2n) is 13.5. The highest BCUT2D eigenvalue weighted by atomic mass is 31.2. The third kappa shape index (κ3) is 37.8. The molecule has 0 saturated heterocycles. The van der Waals surface area contributed by atoms with Gasteiger partial charge in [0.05, 0.1) is 13.2 Å². The summed E-state index contributed by atoms with van der Waals surface area (Å²) in [5.74, 6) is -0.870. The number of ether oxygens (including phenoxy) is 2. The van der Waals surface area contributed by atoms with Gasteiger partial charge in [-0.2, -0.15) is 0 Å². The van der Waals surface area contributed by atoms with Gasteiger partial charge in [-0.1, -0.05) is 134 Å². The van der Waals surface area contributed by atoms with Gasteiger partial charge in [-0.25, -0.2) is 4.57 Å². The van der Waals surface area contributed by atoms with Crippen LogP contribution in [0.1, 0.15) is 181 Å². The zero-order valence-corrected chi connectivity index (χ0v) is 33.5. The molecule has 0 spiro atoms. The summed E-state index contributed by atoms with van der Waals surface area (Å²) in [4.78, 5) is 34.8. The van der Waals surface area contributed by atoms with Crippen LogP contribution in [0, 0.1) is 0 Å². The first kappa shape index (κ1) is 49.2. The molecule has 0 saturated carbocycles. The highest BCUT2D eigenvalue weighted by Gasteiger charge is 2.25. The third-order valence-electron chi connectivity index (χ3n) is 8.50. The first-order valence-electron chi connectivity index (χ1n) is 20.5. The molecule has 3 N–H and O–H groups in total. The van der Waals surface area contributed by atoms with Crippen molar-refractivity contribution in [2.75, 3.05) is 26.4 Å². The molecule has 0 aromatic carbocycles. The number of carbonyl (C=O) groups excluding carboxylic acids is 2. The van der Waals surface area contributed by atoms with Gasteiger partial charge >= 0.3 is 19.8 Å². The van der Waals surface area contributed by atoms with Crippen LogP contribution in [0.25, 0.3) is 0 Å². The molecule has 0 aliphatic heterocycles. The van der Waals surface area contributed by atoms with Crippen molar-refractivity contribution in [2.24, 2.45) is 5.73 Å². The summed E-state index contributed by atoms with van der Waals surface area (Å²) in [6, 6.07) is 0. The van der Waals surface area contributed by atoms with Gasteiger partial charge in [0.25, 0.3) is 0 Å². The van der Waals surface area contributed by atoms with Crippen LogP contribution in [0.2, 0.25) is 0 Å². The Morgan fingerprint density at radius 3 is 1.59 bits per heavy atom. The Hall–Kier alpha value is -1.77. The second-order valence-corrected chi connectivity index (χ2v) is 14.9. The van der Waals surface area contributed by atoms with Crippen LogP contribution in [0.5, 0.6) is 0 Å². The molecule has 0 aliphatic carbocycles. The fourth-order valence-electron chi connectivity index (χ4n) is 5.42. The van der Waals surface area contributed by atoms with Gasteiger partial charge in [0.1, 0.15) is 6.61 Å². The average molecular weight is 742 g/mol. The lowest BCUT2D eigenvalue weighted by Gasteiger charge is -2.19.